The van der Waals surface area contributed by atoms with E-state index < -0.39 is 0 Å². The maximum atomic E-state index is 6.35. The van der Waals surface area contributed by atoms with Crippen molar-refractivity contribution in [2.24, 2.45) is 0 Å². The summed E-state index contributed by atoms with van der Waals surface area (Å²) in [5, 5.41) is 6.78. The van der Waals surface area contributed by atoms with Crippen molar-refractivity contribution in [3.8, 4) is 45.3 Å². The highest BCUT2D eigenvalue weighted by Gasteiger charge is 2.18. The molecule has 0 fully saturated rings. The number of aromatic nitrogens is 3. The smallest absolute Gasteiger partial charge is 0.164 e. The van der Waals surface area contributed by atoms with E-state index in [2.05, 4.69) is 103 Å². The first-order chi connectivity index (χ1) is 22.3. The summed E-state index contributed by atoms with van der Waals surface area (Å²) < 4.78 is 6.35. The van der Waals surface area contributed by atoms with Crippen LogP contribution < -0.4 is 0 Å². The number of hydrogen-bond donors (Lipinski definition) is 0. The molecule has 210 valence electrons. The summed E-state index contributed by atoms with van der Waals surface area (Å²) in [6.07, 6.45) is 0. The van der Waals surface area contributed by atoms with Gasteiger partial charge in [0.05, 0.1) is 0 Å². The van der Waals surface area contributed by atoms with Gasteiger partial charge in [0, 0.05) is 27.5 Å². The molecule has 9 aromatic rings. The van der Waals surface area contributed by atoms with Gasteiger partial charge in [-0.1, -0.05) is 127 Å². The Bertz CT molecular complexity index is 2540. The van der Waals surface area contributed by atoms with E-state index in [1.54, 1.807) is 0 Å². The summed E-state index contributed by atoms with van der Waals surface area (Å²) >= 11 is 0. The van der Waals surface area contributed by atoms with Gasteiger partial charge < -0.3 is 4.42 Å². The molecule has 0 aliphatic carbocycles. The van der Waals surface area contributed by atoms with Gasteiger partial charge in [-0.15, -0.1) is 0 Å². The van der Waals surface area contributed by atoms with Crippen LogP contribution in [0.4, 0.5) is 0 Å². The molecule has 2 heterocycles. The second-order valence-electron chi connectivity index (χ2n) is 11.3. The van der Waals surface area contributed by atoms with Crippen LogP contribution in [0.15, 0.2) is 156 Å². The Morgan fingerprint density at radius 2 is 0.978 bits per heavy atom. The molecule has 0 aliphatic heterocycles. The average molecular weight is 576 g/mol. The van der Waals surface area contributed by atoms with Gasteiger partial charge in [0.1, 0.15) is 11.2 Å². The molecular weight excluding hydrogens is 550 g/mol. The summed E-state index contributed by atoms with van der Waals surface area (Å²) in [5.74, 6) is 1.86. The zero-order valence-corrected chi connectivity index (χ0v) is 24.2. The fourth-order valence-corrected chi connectivity index (χ4v) is 6.31. The van der Waals surface area contributed by atoms with Crippen molar-refractivity contribution in [2.45, 2.75) is 0 Å². The quantitative estimate of drug-likeness (QED) is 0.196. The Hall–Kier alpha value is -6.13. The minimum Gasteiger partial charge on any atom is -0.456 e. The third-order valence-electron chi connectivity index (χ3n) is 8.52. The van der Waals surface area contributed by atoms with Crippen molar-refractivity contribution in [3.63, 3.8) is 0 Å². The Morgan fingerprint density at radius 3 is 1.80 bits per heavy atom. The molecular formula is C41H25N3O. The zero-order chi connectivity index (χ0) is 29.7. The maximum absolute atomic E-state index is 6.35. The fourth-order valence-electron chi connectivity index (χ4n) is 6.31. The number of rotatable bonds is 4. The van der Waals surface area contributed by atoms with E-state index in [-0.39, 0.29) is 0 Å². The fraction of sp³-hybridized carbons (Fsp3) is 0. The van der Waals surface area contributed by atoms with Crippen molar-refractivity contribution in [2.75, 3.05) is 0 Å². The van der Waals surface area contributed by atoms with Crippen LogP contribution in [-0.2, 0) is 0 Å². The lowest BCUT2D eigenvalue weighted by Crippen LogP contribution is -2.00. The Morgan fingerprint density at radius 1 is 0.356 bits per heavy atom. The maximum Gasteiger partial charge on any atom is 0.164 e. The first kappa shape index (κ1) is 25.4. The average Bonchev–Trinajstić information content (AvgIpc) is 3.50. The Balaban J connectivity index is 1.29. The summed E-state index contributed by atoms with van der Waals surface area (Å²) in [6, 6.07) is 52.2. The summed E-state index contributed by atoms with van der Waals surface area (Å²) in [7, 11) is 0. The highest BCUT2D eigenvalue weighted by Crippen LogP contribution is 2.38. The van der Waals surface area contributed by atoms with E-state index in [9.17, 15) is 0 Å². The summed E-state index contributed by atoms with van der Waals surface area (Å²) in [6.45, 7) is 0. The highest BCUT2D eigenvalue weighted by atomic mass is 16.3. The third-order valence-corrected chi connectivity index (χ3v) is 8.52. The molecule has 0 saturated heterocycles. The molecule has 0 bridgehead atoms. The summed E-state index contributed by atoms with van der Waals surface area (Å²) in [4.78, 5) is 15.2. The minimum atomic E-state index is 0.607. The normalized spacial score (nSPS) is 11.6. The van der Waals surface area contributed by atoms with Crippen molar-refractivity contribution < 1.29 is 4.42 Å². The first-order valence-corrected chi connectivity index (χ1v) is 15.0. The van der Waals surface area contributed by atoms with Crippen molar-refractivity contribution in [1.29, 1.82) is 0 Å². The predicted octanol–water partition coefficient (Wildman–Crippen LogP) is 10.7. The van der Waals surface area contributed by atoms with E-state index in [1.807, 2.05) is 48.5 Å². The highest BCUT2D eigenvalue weighted by molar-refractivity contribution is 6.13. The first-order valence-electron chi connectivity index (χ1n) is 15.0. The number of furan rings is 1. The van der Waals surface area contributed by atoms with Crippen LogP contribution in [0.2, 0.25) is 0 Å². The van der Waals surface area contributed by atoms with E-state index >= 15 is 0 Å². The number of nitrogens with zero attached hydrogens (tertiary/aromatic N) is 3. The van der Waals surface area contributed by atoms with Crippen LogP contribution >= 0.6 is 0 Å². The van der Waals surface area contributed by atoms with Gasteiger partial charge in [-0.2, -0.15) is 0 Å². The molecule has 0 unspecified atom stereocenters. The van der Waals surface area contributed by atoms with Crippen LogP contribution in [0.5, 0.6) is 0 Å². The largest absolute Gasteiger partial charge is 0.456 e. The molecule has 4 heteroatoms. The molecule has 9 rings (SSSR count). The number of fused-ring (bicyclic) bond motifs is 6. The molecule has 4 nitrogen and oxygen atoms in total. The molecule has 2 aromatic heterocycles. The zero-order valence-electron chi connectivity index (χ0n) is 24.2. The molecule has 7 aromatic carbocycles. The molecule has 0 N–H and O–H groups in total. The SMILES string of the molecule is c1ccc(-c2ccc3oc4cccc(-c5nc(-c6ccccc6)nc(-c6ccc7ccc8ccccc8c7c6)n5)c4c3c2)cc1. The second-order valence-corrected chi connectivity index (χ2v) is 11.3. The molecule has 0 amide bonds. The monoisotopic (exact) mass is 575 g/mol. The van der Waals surface area contributed by atoms with Crippen molar-refractivity contribution in [1.82, 2.24) is 15.0 Å². The van der Waals surface area contributed by atoms with Crippen LogP contribution in [0.3, 0.4) is 0 Å². The van der Waals surface area contributed by atoms with Gasteiger partial charge in [-0.05, 0) is 56.9 Å². The van der Waals surface area contributed by atoms with Gasteiger partial charge in [0.25, 0.3) is 0 Å². The molecule has 0 spiro atoms. The third kappa shape index (κ3) is 4.35. The number of benzene rings is 7. The van der Waals surface area contributed by atoms with E-state index in [1.165, 1.54) is 21.5 Å². The Labute approximate surface area is 259 Å². The van der Waals surface area contributed by atoms with E-state index in [0.29, 0.717) is 17.5 Å². The van der Waals surface area contributed by atoms with Gasteiger partial charge in [0.15, 0.2) is 17.5 Å². The van der Waals surface area contributed by atoms with Gasteiger partial charge in [-0.25, -0.2) is 15.0 Å². The minimum absolute atomic E-state index is 0.607. The predicted molar refractivity (Wildman–Crippen MR) is 184 cm³/mol. The molecule has 45 heavy (non-hydrogen) atoms. The number of hydrogen-bond acceptors (Lipinski definition) is 4. The van der Waals surface area contributed by atoms with Gasteiger partial charge >= 0.3 is 0 Å². The van der Waals surface area contributed by atoms with Crippen LogP contribution in [0.1, 0.15) is 0 Å². The molecule has 0 saturated carbocycles. The lowest BCUT2D eigenvalue weighted by atomic mass is 9.99. The van der Waals surface area contributed by atoms with E-state index in [0.717, 1.165) is 49.8 Å². The van der Waals surface area contributed by atoms with Gasteiger partial charge in [0.2, 0.25) is 0 Å². The Kier molecular flexibility index (Phi) is 5.78. The molecule has 0 radical (unpaired) electrons. The van der Waals surface area contributed by atoms with Crippen molar-refractivity contribution >= 4 is 43.5 Å². The standard InChI is InChI=1S/C41H25N3O/c1-3-10-26(11-4-1)30-22-23-36-35(24-30)38-33(16-9-17-37(38)45-36)41-43-39(29-13-5-2-6-14-29)42-40(44-41)31-21-20-28-19-18-27-12-7-8-15-32(27)34(28)25-31/h1-25H. The van der Waals surface area contributed by atoms with Crippen LogP contribution in [-0.4, -0.2) is 15.0 Å². The van der Waals surface area contributed by atoms with E-state index in [4.69, 9.17) is 19.4 Å². The lowest BCUT2D eigenvalue weighted by molar-refractivity contribution is 0.669. The van der Waals surface area contributed by atoms with Crippen LogP contribution in [0.25, 0.3) is 88.8 Å². The summed E-state index contributed by atoms with van der Waals surface area (Å²) in [5.41, 5.74) is 6.70. The van der Waals surface area contributed by atoms with Crippen molar-refractivity contribution in [3.05, 3.63) is 152 Å². The topological polar surface area (TPSA) is 51.8 Å². The van der Waals surface area contributed by atoms with Gasteiger partial charge in [-0.3, -0.25) is 0 Å². The second kappa shape index (κ2) is 10.2. The molecule has 0 aliphatic rings. The lowest BCUT2D eigenvalue weighted by Gasteiger charge is -2.11. The van der Waals surface area contributed by atoms with Crippen LogP contribution in [0, 0.1) is 0 Å². The molecule has 0 atom stereocenters.